The van der Waals surface area contributed by atoms with Crippen LogP contribution in [0.3, 0.4) is 0 Å². The van der Waals surface area contributed by atoms with Crippen LogP contribution in [0.15, 0.2) is 12.1 Å². The number of benzene rings is 1. The van der Waals surface area contributed by atoms with Gasteiger partial charge in [0.15, 0.2) is 5.82 Å². The van der Waals surface area contributed by atoms with Crippen molar-refractivity contribution in [3.63, 3.8) is 0 Å². The highest BCUT2D eigenvalue weighted by atomic mass is 127. The van der Waals surface area contributed by atoms with Crippen molar-refractivity contribution in [3.8, 4) is 17.1 Å². The Morgan fingerprint density at radius 3 is 2.35 bits per heavy atom. The number of phenolic OH excluding ortho intramolecular Hbond substituents is 1. The van der Waals surface area contributed by atoms with Crippen molar-refractivity contribution in [1.29, 1.82) is 0 Å². The number of rotatable bonds is 3. The van der Waals surface area contributed by atoms with Crippen LogP contribution < -0.4 is 0 Å². The molecule has 0 aliphatic carbocycles. The molecule has 0 aliphatic heterocycles. The van der Waals surface area contributed by atoms with Gasteiger partial charge in [0.2, 0.25) is 0 Å². The molecule has 0 unspecified atom stereocenters. The molecule has 0 saturated heterocycles. The van der Waals surface area contributed by atoms with Gasteiger partial charge in [-0.3, -0.25) is 0 Å². The lowest BCUT2D eigenvalue weighted by atomic mass is 10.1. The second-order valence-electron chi connectivity index (χ2n) is 4.81. The van der Waals surface area contributed by atoms with Crippen LogP contribution in [0.2, 0.25) is 5.15 Å². The van der Waals surface area contributed by atoms with Gasteiger partial charge in [-0.05, 0) is 66.1 Å². The number of aryl methyl sites for hydroxylation is 3. The maximum absolute atomic E-state index is 9.85. The molecule has 0 fully saturated rings. The second-order valence-corrected chi connectivity index (χ2v) is 6.24. The highest BCUT2D eigenvalue weighted by Gasteiger charge is 2.13. The zero-order valence-electron chi connectivity index (χ0n) is 11.7. The molecule has 106 valence electrons. The van der Waals surface area contributed by atoms with Crippen molar-refractivity contribution in [1.82, 2.24) is 9.97 Å². The molecule has 20 heavy (non-hydrogen) atoms. The molecular weight excluding hydrogens is 387 g/mol. The van der Waals surface area contributed by atoms with Crippen LogP contribution in [0.4, 0.5) is 0 Å². The zero-order chi connectivity index (χ0) is 14.9. The molecule has 0 amide bonds. The van der Waals surface area contributed by atoms with Gasteiger partial charge in [0.1, 0.15) is 10.9 Å². The van der Waals surface area contributed by atoms with E-state index in [4.69, 9.17) is 11.6 Å². The number of nitrogens with zero attached hydrogens (tertiary/aromatic N) is 2. The zero-order valence-corrected chi connectivity index (χ0v) is 14.6. The van der Waals surface area contributed by atoms with Gasteiger partial charge >= 0.3 is 0 Å². The molecule has 0 bridgehead atoms. The third-order valence-corrected chi connectivity index (χ3v) is 4.84. The average molecular weight is 403 g/mol. The lowest BCUT2D eigenvalue weighted by Crippen LogP contribution is -2.01. The molecule has 2 rings (SSSR count). The van der Waals surface area contributed by atoms with Crippen LogP contribution in [0.25, 0.3) is 11.4 Å². The van der Waals surface area contributed by atoms with E-state index in [2.05, 4.69) is 39.5 Å². The average Bonchev–Trinajstić information content (AvgIpc) is 2.40. The maximum Gasteiger partial charge on any atom is 0.161 e. The second kappa shape index (κ2) is 6.26. The third kappa shape index (κ3) is 3.06. The van der Waals surface area contributed by atoms with Crippen LogP contribution in [-0.2, 0) is 6.42 Å². The molecule has 1 heterocycles. The van der Waals surface area contributed by atoms with Crippen molar-refractivity contribution >= 4 is 34.2 Å². The topological polar surface area (TPSA) is 46.0 Å². The number of phenols is 1. The summed E-state index contributed by atoms with van der Waals surface area (Å²) in [7, 11) is 0. The minimum Gasteiger partial charge on any atom is -0.507 e. The molecule has 1 N–H and O–H groups in total. The first-order valence-corrected chi connectivity index (χ1v) is 7.92. The molecule has 0 atom stereocenters. The summed E-state index contributed by atoms with van der Waals surface area (Å²) in [5.74, 6) is 0.934. The summed E-state index contributed by atoms with van der Waals surface area (Å²) in [6, 6.07) is 3.77. The highest BCUT2D eigenvalue weighted by Crippen LogP contribution is 2.29. The standard InChI is InChI=1S/C15H16ClIN2O/c1-4-5-11-12(17)14(16)19-15(18-11)10-6-8(2)13(20)9(3)7-10/h6-7,20H,4-5H2,1-3H3. The van der Waals surface area contributed by atoms with Crippen molar-refractivity contribution < 1.29 is 5.11 Å². The Bertz CT molecular complexity index is 636. The summed E-state index contributed by atoms with van der Waals surface area (Å²) in [6.45, 7) is 5.85. The Morgan fingerprint density at radius 1 is 1.20 bits per heavy atom. The van der Waals surface area contributed by atoms with Crippen LogP contribution >= 0.6 is 34.2 Å². The molecule has 0 radical (unpaired) electrons. The molecule has 2 aromatic rings. The van der Waals surface area contributed by atoms with Crippen molar-refractivity contribution in [2.75, 3.05) is 0 Å². The SMILES string of the molecule is CCCc1nc(-c2cc(C)c(O)c(C)c2)nc(Cl)c1I. The van der Waals surface area contributed by atoms with Crippen molar-refractivity contribution in [2.45, 2.75) is 33.6 Å². The number of halogens is 2. The fraction of sp³-hybridized carbons (Fsp3) is 0.333. The fourth-order valence-electron chi connectivity index (χ4n) is 2.08. The first kappa shape index (κ1) is 15.5. The van der Waals surface area contributed by atoms with Gasteiger partial charge in [0.05, 0.1) is 9.26 Å². The summed E-state index contributed by atoms with van der Waals surface area (Å²) in [5.41, 5.74) is 3.49. The molecule has 1 aromatic carbocycles. The largest absolute Gasteiger partial charge is 0.507 e. The van der Waals surface area contributed by atoms with Gasteiger partial charge < -0.3 is 5.11 Å². The van der Waals surface area contributed by atoms with Gasteiger partial charge in [-0.15, -0.1) is 0 Å². The molecular formula is C15H16ClIN2O. The van der Waals surface area contributed by atoms with Crippen LogP contribution in [0.1, 0.15) is 30.2 Å². The van der Waals surface area contributed by atoms with Crippen LogP contribution in [0, 0.1) is 17.4 Å². The molecule has 1 aromatic heterocycles. The van der Waals surface area contributed by atoms with Gasteiger partial charge in [-0.25, -0.2) is 9.97 Å². The molecule has 0 aliphatic rings. The smallest absolute Gasteiger partial charge is 0.161 e. The van der Waals surface area contributed by atoms with Crippen LogP contribution in [0.5, 0.6) is 5.75 Å². The van der Waals surface area contributed by atoms with E-state index in [1.807, 2.05) is 26.0 Å². The van der Waals surface area contributed by atoms with E-state index >= 15 is 0 Å². The minimum absolute atomic E-state index is 0.319. The van der Waals surface area contributed by atoms with E-state index < -0.39 is 0 Å². The third-order valence-electron chi connectivity index (χ3n) is 3.12. The first-order chi connectivity index (χ1) is 9.43. The van der Waals surface area contributed by atoms with E-state index in [0.717, 1.165) is 38.8 Å². The molecule has 3 nitrogen and oxygen atoms in total. The monoisotopic (exact) mass is 402 g/mol. The Kier molecular flexibility index (Phi) is 4.86. The fourth-order valence-corrected chi connectivity index (χ4v) is 2.78. The number of hydrogen-bond donors (Lipinski definition) is 1. The van der Waals surface area contributed by atoms with E-state index in [-0.39, 0.29) is 0 Å². The Morgan fingerprint density at radius 2 is 1.80 bits per heavy atom. The van der Waals surface area contributed by atoms with E-state index in [1.54, 1.807) is 0 Å². The quantitative estimate of drug-likeness (QED) is 0.599. The summed E-state index contributed by atoms with van der Waals surface area (Å²) >= 11 is 8.39. The van der Waals surface area contributed by atoms with Gasteiger partial charge in [0, 0.05) is 5.56 Å². The maximum atomic E-state index is 9.85. The summed E-state index contributed by atoms with van der Waals surface area (Å²) in [5, 5.41) is 10.3. The summed E-state index contributed by atoms with van der Waals surface area (Å²) in [4.78, 5) is 8.98. The van der Waals surface area contributed by atoms with E-state index in [1.165, 1.54) is 0 Å². The minimum atomic E-state index is 0.319. The highest BCUT2D eigenvalue weighted by molar-refractivity contribution is 14.1. The lowest BCUT2D eigenvalue weighted by molar-refractivity contribution is 0.467. The lowest BCUT2D eigenvalue weighted by Gasteiger charge is -2.10. The van der Waals surface area contributed by atoms with Gasteiger partial charge in [0.25, 0.3) is 0 Å². The number of aromatic nitrogens is 2. The van der Waals surface area contributed by atoms with Gasteiger partial charge in [-0.1, -0.05) is 24.9 Å². The predicted molar refractivity (Wildman–Crippen MR) is 90.3 cm³/mol. The predicted octanol–water partition coefficient (Wildman–Crippen LogP) is 4.68. The first-order valence-electron chi connectivity index (χ1n) is 6.46. The van der Waals surface area contributed by atoms with E-state index in [9.17, 15) is 5.11 Å². The molecule has 0 saturated carbocycles. The molecule has 0 spiro atoms. The van der Waals surface area contributed by atoms with E-state index in [0.29, 0.717) is 16.7 Å². The number of aromatic hydroxyl groups is 1. The van der Waals surface area contributed by atoms with Crippen molar-refractivity contribution in [2.24, 2.45) is 0 Å². The number of hydrogen-bond acceptors (Lipinski definition) is 3. The Hall–Kier alpha value is -0.880. The summed E-state index contributed by atoms with van der Waals surface area (Å²) in [6.07, 6.45) is 1.89. The van der Waals surface area contributed by atoms with Crippen LogP contribution in [-0.4, -0.2) is 15.1 Å². The normalized spacial score (nSPS) is 10.8. The Labute approximate surface area is 137 Å². The summed E-state index contributed by atoms with van der Waals surface area (Å²) < 4.78 is 0.919. The Balaban J connectivity index is 2.58. The van der Waals surface area contributed by atoms with Gasteiger partial charge in [-0.2, -0.15) is 0 Å². The molecule has 5 heteroatoms. The van der Waals surface area contributed by atoms with Crippen molar-refractivity contribution in [3.05, 3.63) is 37.7 Å².